The van der Waals surface area contributed by atoms with Crippen LogP contribution in [0.3, 0.4) is 0 Å². The lowest BCUT2D eigenvalue weighted by atomic mass is 10.4. The molecule has 88 valence electrons. The van der Waals surface area contributed by atoms with E-state index in [1.54, 1.807) is 10.5 Å². The van der Waals surface area contributed by atoms with Crippen LogP contribution in [0, 0.1) is 0 Å². The minimum absolute atomic E-state index is 0.345. The number of carbonyl (C=O) groups excluding carboxylic acids is 1. The second-order valence-electron chi connectivity index (χ2n) is 3.22. The average molecular weight is 252 g/mol. The predicted molar refractivity (Wildman–Crippen MR) is 64.4 cm³/mol. The Hall–Kier alpha value is -1.85. The number of hydrogen-bond donors (Lipinski definition) is 1. The SMILES string of the molecule is CONC(=O)/C=C/c1c(Cl)nc2ccccn12. The lowest BCUT2D eigenvalue weighted by Crippen LogP contribution is -2.18. The third-order valence-electron chi connectivity index (χ3n) is 2.12. The molecule has 0 fully saturated rings. The van der Waals surface area contributed by atoms with Gasteiger partial charge in [0.05, 0.1) is 12.8 Å². The molecule has 0 aliphatic carbocycles. The number of hydroxylamine groups is 1. The third-order valence-corrected chi connectivity index (χ3v) is 2.40. The molecule has 0 atom stereocenters. The molecule has 0 bridgehead atoms. The van der Waals surface area contributed by atoms with Gasteiger partial charge in [-0.15, -0.1) is 0 Å². The molecular weight excluding hydrogens is 242 g/mol. The van der Waals surface area contributed by atoms with Crippen molar-refractivity contribution in [3.05, 3.63) is 41.3 Å². The van der Waals surface area contributed by atoms with E-state index in [1.807, 2.05) is 24.4 Å². The first-order valence-electron chi connectivity index (χ1n) is 4.86. The molecule has 17 heavy (non-hydrogen) atoms. The summed E-state index contributed by atoms with van der Waals surface area (Å²) in [6.07, 6.45) is 4.73. The summed E-state index contributed by atoms with van der Waals surface area (Å²) >= 11 is 5.98. The molecular formula is C11H10ClN3O2. The maximum absolute atomic E-state index is 11.2. The van der Waals surface area contributed by atoms with Gasteiger partial charge in [-0.1, -0.05) is 17.7 Å². The number of halogens is 1. The molecule has 2 rings (SSSR count). The van der Waals surface area contributed by atoms with Crippen LogP contribution in [0.25, 0.3) is 11.7 Å². The van der Waals surface area contributed by atoms with Crippen molar-refractivity contribution >= 4 is 29.2 Å². The maximum atomic E-state index is 11.2. The Kier molecular flexibility index (Phi) is 3.41. The minimum atomic E-state index is -0.366. The molecule has 1 N–H and O–H groups in total. The number of carbonyl (C=O) groups is 1. The summed E-state index contributed by atoms with van der Waals surface area (Å²) in [4.78, 5) is 19.8. The van der Waals surface area contributed by atoms with Gasteiger partial charge in [0.1, 0.15) is 5.65 Å². The zero-order chi connectivity index (χ0) is 12.3. The Labute approximate surface area is 103 Å². The van der Waals surface area contributed by atoms with E-state index in [4.69, 9.17) is 11.6 Å². The first-order valence-corrected chi connectivity index (χ1v) is 5.24. The van der Waals surface area contributed by atoms with Gasteiger partial charge in [0.25, 0.3) is 5.91 Å². The Morgan fingerprint density at radius 1 is 1.59 bits per heavy atom. The molecule has 0 saturated carbocycles. The molecule has 0 radical (unpaired) electrons. The fourth-order valence-corrected chi connectivity index (χ4v) is 1.67. The van der Waals surface area contributed by atoms with Crippen molar-refractivity contribution in [1.82, 2.24) is 14.9 Å². The first kappa shape index (κ1) is 11.6. The molecule has 2 aromatic heterocycles. The van der Waals surface area contributed by atoms with E-state index < -0.39 is 0 Å². The lowest BCUT2D eigenvalue weighted by molar-refractivity contribution is -0.126. The Morgan fingerprint density at radius 2 is 2.41 bits per heavy atom. The first-order chi connectivity index (χ1) is 8.22. The minimum Gasteiger partial charge on any atom is -0.299 e. The number of fused-ring (bicyclic) bond motifs is 1. The second-order valence-corrected chi connectivity index (χ2v) is 3.58. The van der Waals surface area contributed by atoms with Crippen molar-refractivity contribution in [2.45, 2.75) is 0 Å². The van der Waals surface area contributed by atoms with E-state index in [0.29, 0.717) is 10.8 Å². The number of nitrogens with zero attached hydrogens (tertiary/aromatic N) is 2. The van der Waals surface area contributed by atoms with Crippen molar-refractivity contribution in [3.8, 4) is 0 Å². The summed E-state index contributed by atoms with van der Waals surface area (Å²) in [6, 6.07) is 5.56. The summed E-state index contributed by atoms with van der Waals surface area (Å²) in [6.45, 7) is 0. The number of imidazole rings is 1. The summed E-state index contributed by atoms with van der Waals surface area (Å²) < 4.78 is 1.79. The van der Waals surface area contributed by atoms with E-state index in [2.05, 4.69) is 15.3 Å². The van der Waals surface area contributed by atoms with Crippen LogP contribution in [0.4, 0.5) is 0 Å². The molecule has 0 aromatic carbocycles. The molecule has 2 aromatic rings. The molecule has 0 saturated heterocycles. The summed E-state index contributed by atoms with van der Waals surface area (Å²) in [5, 5.41) is 0.345. The second kappa shape index (κ2) is 4.99. The van der Waals surface area contributed by atoms with Gasteiger partial charge in [0, 0.05) is 12.3 Å². The number of hydrogen-bond acceptors (Lipinski definition) is 3. The van der Waals surface area contributed by atoms with Crippen LogP contribution in [0.15, 0.2) is 30.5 Å². The molecule has 5 nitrogen and oxygen atoms in total. The van der Waals surface area contributed by atoms with Crippen molar-refractivity contribution < 1.29 is 9.63 Å². The number of aromatic nitrogens is 2. The van der Waals surface area contributed by atoms with Gasteiger partial charge in [0.15, 0.2) is 5.15 Å². The quantitative estimate of drug-likeness (QED) is 0.667. The van der Waals surface area contributed by atoms with E-state index in [9.17, 15) is 4.79 Å². The lowest BCUT2D eigenvalue weighted by Gasteiger charge is -1.97. The van der Waals surface area contributed by atoms with E-state index >= 15 is 0 Å². The molecule has 2 heterocycles. The molecule has 0 spiro atoms. The Morgan fingerprint density at radius 3 is 3.18 bits per heavy atom. The van der Waals surface area contributed by atoms with Gasteiger partial charge in [-0.05, 0) is 18.2 Å². The predicted octanol–water partition coefficient (Wildman–Crippen LogP) is 1.68. The van der Waals surface area contributed by atoms with Crippen LogP contribution in [0.1, 0.15) is 5.69 Å². The topological polar surface area (TPSA) is 55.6 Å². The van der Waals surface area contributed by atoms with Crippen LogP contribution >= 0.6 is 11.6 Å². The van der Waals surface area contributed by atoms with Crippen molar-refractivity contribution in [1.29, 1.82) is 0 Å². The zero-order valence-corrected chi connectivity index (χ0v) is 9.81. The smallest absolute Gasteiger partial charge is 0.267 e. The number of rotatable bonds is 3. The Bertz CT molecular complexity index is 577. The zero-order valence-electron chi connectivity index (χ0n) is 9.05. The normalized spacial score (nSPS) is 11.2. The molecule has 0 aliphatic heterocycles. The van der Waals surface area contributed by atoms with Crippen molar-refractivity contribution in [3.63, 3.8) is 0 Å². The summed E-state index contributed by atoms with van der Waals surface area (Å²) in [7, 11) is 1.37. The van der Waals surface area contributed by atoms with Gasteiger partial charge in [-0.2, -0.15) is 0 Å². The van der Waals surface area contributed by atoms with Crippen LogP contribution in [0.5, 0.6) is 0 Å². The third kappa shape index (κ3) is 2.46. The highest BCUT2D eigenvalue weighted by molar-refractivity contribution is 6.31. The van der Waals surface area contributed by atoms with E-state index in [1.165, 1.54) is 13.2 Å². The molecule has 1 amide bonds. The fourth-order valence-electron chi connectivity index (χ4n) is 1.42. The van der Waals surface area contributed by atoms with Crippen LogP contribution in [-0.4, -0.2) is 22.4 Å². The molecule has 6 heteroatoms. The van der Waals surface area contributed by atoms with E-state index in [-0.39, 0.29) is 5.91 Å². The highest BCUT2D eigenvalue weighted by Gasteiger charge is 2.06. The highest BCUT2D eigenvalue weighted by atomic mass is 35.5. The van der Waals surface area contributed by atoms with Gasteiger partial charge >= 0.3 is 0 Å². The average Bonchev–Trinajstić information content (AvgIpc) is 2.62. The van der Waals surface area contributed by atoms with Crippen LogP contribution in [0.2, 0.25) is 5.15 Å². The number of nitrogens with one attached hydrogen (secondary N) is 1. The van der Waals surface area contributed by atoms with E-state index in [0.717, 1.165) is 5.65 Å². The van der Waals surface area contributed by atoms with Crippen LogP contribution < -0.4 is 5.48 Å². The fraction of sp³-hybridized carbons (Fsp3) is 0.0909. The van der Waals surface area contributed by atoms with Crippen molar-refractivity contribution in [2.24, 2.45) is 0 Å². The molecule has 0 aliphatic rings. The summed E-state index contributed by atoms with van der Waals surface area (Å²) in [5.41, 5.74) is 3.55. The van der Waals surface area contributed by atoms with Gasteiger partial charge in [-0.25, -0.2) is 10.5 Å². The monoisotopic (exact) mass is 251 g/mol. The van der Waals surface area contributed by atoms with Gasteiger partial charge in [0.2, 0.25) is 0 Å². The standard InChI is InChI=1S/C11H10ClN3O2/c1-17-14-10(16)6-5-8-11(12)13-9-4-2-3-7-15(8)9/h2-7H,1H3,(H,14,16)/b6-5+. The van der Waals surface area contributed by atoms with Crippen molar-refractivity contribution in [2.75, 3.05) is 7.11 Å². The van der Waals surface area contributed by atoms with Gasteiger partial charge < -0.3 is 0 Å². The van der Waals surface area contributed by atoms with Gasteiger partial charge in [-0.3, -0.25) is 14.0 Å². The van der Waals surface area contributed by atoms with Crippen LogP contribution in [-0.2, 0) is 9.63 Å². The molecule has 0 unspecified atom stereocenters. The highest BCUT2D eigenvalue weighted by Crippen LogP contribution is 2.18. The largest absolute Gasteiger partial charge is 0.299 e. The Balaban J connectivity index is 2.35. The number of pyridine rings is 1. The number of amides is 1. The summed E-state index contributed by atoms with van der Waals surface area (Å²) in [5.74, 6) is -0.366. The maximum Gasteiger partial charge on any atom is 0.267 e.